The van der Waals surface area contributed by atoms with Crippen molar-refractivity contribution >= 4 is 23.2 Å². The molecule has 4 nitrogen and oxygen atoms in total. The number of ether oxygens (including phenoxy) is 1. The Morgan fingerprint density at radius 2 is 1.91 bits per heavy atom. The maximum atomic E-state index is 11.9. The van der Waals surface area contributed by atoms with Crippen LogP contribution in [0.2, 0.25) is 0 Å². The van der Waals surface area contributed by atoms with Crippen molar-refractivity contribution in [3.05, 3.63) is 40.8 Å². The molecule has 3 rings (SSSR count). The Morgan fingerprint density at radius 3 is 2.52 bits per heavy atom. The Labute approximate surface area is 139 Å². The topological polar surface area (TPSA) is 55.4 Å². The molecule has 1 aromatic carbocycles. The number of hydrogen-bond acceptors (Lipinski definition) is 4. The lowest BCUT2D eigenvalue weighted by atomic mass is 9.97. The van der Waals surface area contributed by atoms with Gasteiger partial charge in [-0.2, -0.15) is 0 Å². The maximum Gasteiger partial charge on any atom is 0.316 e. The summed E-state index contributed by atoms with van der Waals surface area (Å²) < 4.78 is 5.37. The van der Waals surface area contributed by atoms with Crippen molar-refractivity contribution in [2.75, 3.05) is 6.54 Å². The standard InChI is InChI=1S/C18H19NO3S/c1-18(2,3)17(21)22-12-6-4-11(5-7-12)15-10-13-14(23-15)8-9-19-16(13)20/h4-7,10H,8-9H2,1-3H3,(H,19,20). The number of thiophene rings is 1. The van der Waals surface area contributed by atoms with Gasteiger partial charge in [0.2, 0.25) is 0 Å². The summed E-state index contributed by atoms with van der Waals surface area (Å²) in [7, 11) is 0. The van der Waals surface area contributed by atoms with Crippen LogP contribution in [-0.2, 0) is 11.2 Å². The molecule has 0 radical (unpaired) electrons. The largest absolute Gasteiger partial charge is 0.426 e. The summed E-state index contributed by atoms with van der Waals surface area (Å²) in [6, 6.07) is 9.35. The van der Waals surface area contributed by atoms with Crippen molar-refractivity contribution in [3.8, 4) is 16.2 Å². The summed E-state index contributed by atoms with van der Waals surface area (Å²) in [5.74, 6) is 0.283. The summed E-state index contributed by atoms with van der Waals surface area (Å²) in [5.41, 5.74) is 1.27. The van der Waals surface area contributed by atoms with Crippen molar-refractivity contribution in [1.29, 1.82) is 0 Å². The van der Waals surface area contributed by atoms with E-state index >= 15 is 0 Å². The molecule has 23 heavy (non-hydrogen) atoms. The molecule has 0 saturated carbocycles. The van der Waals surface area contributed by atoms with Crippen LogP contribution in [0.1, 0.15) is 36.0 Å². The molecule has 0 atom stereocenters. The molecule has 1 aliphatic rings. The summed E-state index contributed by atoms with van der Waals surface area (Å²) in [6.07, 6.45) is 0.882. The van der Waals surface area contributed by atoms with Gasteiger partial charge in [0.25, 0.3) is 5.91 Å². The van der Waals surface area contributed by atoms with E-state index in [2.05, 4.69) is 5.32 Å². The third-order valence-corrected chi connectivity index (χ3v) is 4.90. The fourth-order valence-electron chi connectivity index (χ4n) is 2.28. The van der Waals surface area contributed by atoms with Gasteiger partial charge in [0.15, 0.2) is 0 Å². The first-order valence-corrected chi connectivity index (χ1v) is 8.40. The van der Waals surface area contributed by atoms with Crippen molar-refractivity contribution in [1.82, 2.24) is 5.32 Å². The zero-order valence-electron chi connectivity index (χ0n) is 13.4. The van der Waals surface area contributed by atoms with Crippen molar-refractivity contribution in [2.24, 2.45) is 5.41 Å². The van der Waals surface area contributed by atoms with Crippen molar-refractivity contribution in [3.63, 3.8) is 0 Å². The van der Waals surface area contributed by atoms with Crippen LogP contribution in [0.5, 0.6) is 5.75 Å². The fourth-order valence-corrected chi connectivity index (χ4v) is 3.44. The van der Waals surface area contributed by atoms with Gasteiger partial charge in [-0.3, -0.25) is 9.59 Å². The van der Waals surface area contributed by atoms with Gasteiger partial charge in [-0.15, -0.1) is 11.3 Å². The molecule has 0 saturated heterocycles. The average Bonchev–Trinajstić information content (AvgIpc) is 2.92. The van der Waals surface area contributed by atoms with Crippen LogP contribution in [0.15, 0.2) is 30.3 Å². The normalized spacial score (nSPS) is 14.1. The minimum Gasteiger partial charge on any atom is -0.426 e. The highest BCUT2D eigenvalue weighted by molar-refractivity contribution is 7.15. The number of hydrogen-bond donors (Lipinski definition) is 1. The summed E-state index contributed by atoms with van der Waals surface area (Å²) in [6.45, 7) is 6.17. The van der Waals surface area contributed by atoms with E-state index in [0.29, 0.717) is 12.3 Å². The molecule has 0 aliphatic carbocycles. The van der Waals surface area contributed by atoms with E-state index in [1.807, 2.05) is 39.0 Å². The number of carbonyl (C=O) groups is 2. The van der Waals surface area contributed by atoms with Gasteiger partial charge in [0.05, 0.1) is 11.0 Å². The Hall–Kier alpha value is -2.14. The van der Waals surface area contributed by atoms with Crippen LogP contribution in [0.3, 0.4) is 0 Å². The van der Waals surface area contributed by atoms with Gasteiger partial charge in [-0.25, -0.2) is 0 Å². The van der Waals surface area contributed by atoms with Gasteiger partial charge >= 0.3 is 5.97 Å². The van der Waals surface area contributed by atoms with Gasteiger partial charge < -0.3 is 10.1 Å². The molecule has 0 bridgehead atoms. The number of fused-ring (bicyclic) bond motifs is 1. The van der Waals surface area contributed by atoms with E-state index in [-0.39, 0.29) is 11.9 Å². The molecule has 5 heteroatoms. The van der Waals surface area contributed by atoms with Crippen LogP contribution >= 0.6 is 11.3 Å². The quantitative estimate of drug-likeness (QED) is 0.676. The van der Waals surface area contributed by atoms with E-state index < -0.39 is 5.41 Å². The lowest BCUT2D eigenvalue weighted by Gasteiger charge is -2.16. The molecule has 0 unspecified atom stereocenters. The molecule has 1 aromatic heterocycles. The number of nitrogens with one attached hydrogen (secondary N) is 1. The second-order valence-corrected chi connectivity index (χ2v) is 7.75. The van der Waals surface area contributed by atoms with Crippen LogP contribution in [-0.4, -0.2) is 18.4 Å². The molecular weight excluding hydrogens is 310 g/mol. The molecule has 1 amide bonds. The first-order valence-electron chi connectivity index (χ1n) is 7.58. The summed E-state index contributed by atoms with van der Waals surface area (Å²) in [4.78, 5) is 25.9. The fraction of sp³-hybridized carbons (Fsp3) is 0.333. The van der Waals surface area contributed by atoms with Crippen LogP contribution in [0, 0.1) is 5.41 Å². The van der Waals surface area contributed by atoms with E-state index in [1.165, 1.54) is 0 Å². The third kappa shape index (κ3) is 3.29. The zero-order valence-corrected chi connectivity index (χ0v) is 14.3. The Balaban J connectivity index is 1.80. The Morgan fingerprint density at radius 1 is 1.22 bits per heavy atom. The second-order valence-electron chi connectivity index (χ2n) is 6.62. The Kier molecular flexibility index (Phi) is 3.98. The number of benzene rings is 1. The monoisotopic (exact) mass is 329 g/mol. The highest BCUT2D eigenvalue weighted by Crippen LogP contribution is 2.34. The van der Waals surface area contributed by atoms with Crippen molar-refractivity contribution < 1.29 is 14.3 Å². The molecule has 120 valence electrons. The van der Waals surface area contributed by atoms with Crippen LogP contribution in [0.25, 0.3) is 10.4 Å². The van der Waals surface area contributed by atoms with Gasteiger partial charge in [-0.05, 0) is 63.1 Å². The molecule has 0 spiro atoms. The van der Waals surface area contributed by atoms with Gasteiger partial charge in [-0.1, -0.05) is 0 Å². The smallest absolute Gasteiger partial charge is 0.316 e. The second kappa shape index (κ2) is 5.81. The van der Waals surface area contributed by atoms with E-state index in [1.54, 1.807) is 23.5 Å². The van der Waals surface area contributed by atoms with Crippen molar-refractivity contribution in [2.45, 2.75) is 27.2 Å². The molecule has 2 heterocycles. The predicted molar refractivity (Wildman–Crippen MR) is 90.9 cm³/mol. The first kappa shape index (κ1) is 15.7. The molecule has 0 fully saturated rings. The number of rotatable bonds is 2. The first-order chi connectivity index (χ1) is 10.8. The van der Waals surface area contributed by atoms with E-state index in [4.69, 9.17) is 4.74 Å². The van der Waals surface area contributed by atoms with Crippen LogP contribution < -0.4 is 10.1 Å². The summed E-state index contributed by atoms with van der Waals surface area (Å²) in [5, 5.41) is 2.86. The zero-order chi connectivity index (χ0) is 16.6. The minimum absolute atomic E-state index is 0.00415. The highest BCUT2D eigenvalue weighted by atomic mass is 32.1. The predicted octanol–water partition coefficient (Wildman–Crippen LogP) is 3.65. The lowest BCUT2D eigenvalue weighted by Crippen LogP contribution is -2.30. The van der Waals surface area contributed by atoms with Gasteiger partial charge in [0, 0.05) is 16.3 Å². The van der Waals surface area contributed by atoms with E-state index in [0.717, 1.165) is 27.3 Å². The number of amides is 1. The summed E-state index contributed by atoms with van der Waals surface area (Å²) >= 11 is 1.65. The SMILES string of the molecule is CC(C)(C)C(=O)Oc1ccc(-c2cc3c(s2)CCNC3=O)cc1. The molecular formula is C18H19NO3S. The highest BCUT2D eigenvalue weighted by Gasteiger charge is 2.24. The average molecular weight is 329 g/mol. The van der Waals surface area contributed by atoms with Crippen LogP contribution in [0.4, 0.5) is 0 Å². The van der Waals surface area contributed by atoms with E-state index in [9.17, 15) is 9.59 Å². The molecule has 1 N–H and O–H groups in total. The molecule has 1 aliphatic heterocycles. The molecule has 2 aromatic rings. The number of carbonyl (C=O) groups excluding carboxylic acids is 2. The Bertz CT molecular complexity index is 754. The minimum atomic E-state index is -0.529. The third-order valence-electron chi connectivity index (χ3n) is 3.65. The lowest BCUT2D eigenvalue weighted by molar-refractivity contribution is -0.142. The number of esters is 1. The van der Waals surface area contributed by atoms with Gasteiger partial charge in [0.1, 0.15) is 5.75 Å². The maximum absolute atomic E-state index is 11.9.